The van der Waals surface area contributed by atoms with Gasteiger partial charge in [0.2, 0.25) is 35.4 Å². The zero-order chi connectivity index (χ0) is 102. The molecule has 6 aliphatic heterocycles. The second-order valence-electron chi connectivity index (χ2n) is 32.6. The number of nitriles is 6. The maximum absolute atomic E-state index is 13.8. The van der Waals surface area contributed by atoms with Crippen molar-refractivity contribution in [2.24, 2.45) is 32.5 Å². The van der Waals surface area contributed by atoms with Gasteiger partial charge < -0.3 is 77.6 Å². The lowest BCUT2D eigenvalue weighted by Crippen LogP contribution is -2.55. The van der Waals surface area contributed by atoms with Crippen LogP contribution in [0.3, 0.4) is 0 Å². The molecule has 34 nitrogen and oxygen atoms in total. The summed E-state index contributed by atoms with van der Waals surface area (Å²) in [6, 6.07) is 11.5. The molecule has 6 aromatic rings. The molecule has 0 fully saturated rings. The summed E-state index contributed by atoms with van der Waals surface area (Å²) in [5.41, 5.74) is -12.0. The van der Waals surface area contributed by atoms with Gasteiger partial charge in [-0.3, -0.25) is 58.7 Å². The number of fused-ring (bicyclic) bond motifs is 6. The molecule has 0 aromatic carbocycles. The highest BCUT2D eigenvalue weighted by atomic mass is 19.3. The third kappa shape index (κ3) is 23.8. The van der Waals surface area contributed by atoms with E-state index < -0.39 is 131 Å². The number of aliphatic hydroxyl groups is 2. The van der Waals surface area contributed by atoms with E-state index in [1.165, 1.54) is 84.2 Å². The second kappa shape index (κ2) is 45.8. The molecular formula is C87H88F16N18O16. The van der Waals surface area contributed by atoms with Gasteiger partial charge in [-0.1, -0.05) is 0 Å². The lowest BCUT2D eigenvalue weighted by Gasteiger charge is -2.37. The van der Waals surface area contributed by atoms with Crippen molar-refractivity contribution in [2.45, 2.75) is 151 Å². The van der Waals surface area contributed by atoms with Crippen LogP contribution >= 0.6 is 0 Å². The van der Waals surface area contributed by atoms with Crippen LogP contribution in [0, 0.1) is 100 Å². The minimum Gasteiger partial charge on any atom is -0.490 e. The topological polar surface area (TPSA) is 472 Å². The molecule has 0 spiro atoms. The number of aldehydes is 2. The van der Waals surface area contributed by atoms with E-state index in [0.29, 0.717) is 79.5 Å². The average Bonchev–Trinajstić information content (AvgIpc) is 1.66. The fraction of sp³-hybridized carbons (Fsp3) is 0.494. The first kappa shape index (κ1) is 110. The summed E-state index contributed by atoms with van der Waals surface area (Å²) < 4.78 is 246. The molecule has 734 valence electrons. The molecule has 6 aliphatic rings. The van der Waals surface area contributed by atoms with E-state index in [4.69, 9.17) is 60.0 Å². The van der Waals surface area contributed by atoms with E-state index in [9.17, 15) is 119 Å². The van der Waals surface area contributed by atoms with Gasteiger partial charge in [-0.2, -0.15) is 31.6 Å². The predicted molar refractivity (Wildman–Crippen MR) is 436 cm³/mol. The molecule has 137 heavy (non-hydrogen) atoms. The Morgan fingerprint density at radius 2 is 0.591 bits per heavy atom. The molecular weight excluding hydrogens is 1860 g/mol. The van der Waals surface area contributed by atoms with Gasteiger partial charge in [-0.25, -0.2) is 70.2 Å². The van der Waals surface area contributed by atoms with Crippen LogP contribution in [-0.4, -0.2) is 260 Å². The fourth-order valence-corrected chi connectivity index (χ4v) is 13.4. The van der Waals surface area contributed by atoms with Crippen molar-refractivity contribution in [1.29, 1.82) is 31.6 Å². The Kier molecular flexibility index (Phi) is 36.6. The number of hydrogen-bond donors (Lipinski definition) is 2. The van der Waals surface area contributed by atoms with Crippen LogP contribution in [0.5, 0.6) is 34.5 Å². The van der Waals surface area contributed by atoms with E-state index in [2.05, 4.69) is 29.9 Å². The maximum Gasteiger partial charge on any atom is 0.266 e. The monoisotopic (exact) mass is 1940 g/mol. The second-order valence-corrected chi connectivity index (χ2v) is 32.6. The van der Waals surface area contributed by atoms with Crippen molar-refractivity contribution in [2.75, 3.05) is 92.1 Å². The molecule has 2 N–H and O–H groups in total. The molecule has 0 radical (unpaired) electrons. The number of nitrogens with zero attached hydrogens (tertiary/aromatic N) is 18. The van der Waals surface area contributed by atoms with Gasteiger partial charge in [0.05, 0.1) is 91.8 Å². The van der Waals surface area contributed by atoms with Crippen molar-refractivity contribution in [1.82, 2.24) is 59.3 Å². The third-order valence-electron chi connectivity index (χ3n) is 23.0. The minimum absolute atomic E-state index is 0.000995. The number of aromatic nitrogens is 6. The Morgan fingerprint density at radius 3 is 0.796 bits per heavy atom. The van der Waals surface area contributed by atoms with Gasteiger partial charge >= 0.3 is 0 Å². The average molecular weight is 1950 g/mol. The summed E-state index contributed by atoms with van der Waals surface area (Å²) in [4.78, 5) is 126. The van der Waals surface area contributed by atoms with Gasteiger partial charge in [0.15, 0.2) is 21.7 Å². The summed E-state index contributed by atoms with van der Waals surface area (Å²) in [6.07, 6.45) is -0.562. The lowest BCUT2D eigenvalue weighted by atomic mass is 9.82. The summed E-state index contributed by atoms with van der Waals surface area (Å²) >= 11 is 0. The van der Waals surface area contributed by atoms with Crippen LogP contribution in [0.25, 0.3) is 0 Å². The molecule has 6 amide bonds. The molecule has 12 heterocycles. The number of ether oxygens (including phenoxy) is 6. The smallest absolute Gasteiger partial charge is 0.266 e. The van der Waals surface area contributed by atoms with Crippen molar-refractivity contribution in [3.63, 3.8) is 0 Å². The van der Waals surface area contributed by atoms with Crippen LogP contribution in [0.1, 0.15) is 129 Å². The summed E-state index contributed by atoms with van der Waals surface area (Å²) in [5.74, 6) is -15.7. The van der Waals surface area contributed by atoms with Gasteiger partial charge in [-0.05, 0) is 41.5 Å². The summed E-state index contributed by atoms with van der Waals surface area (Å²) in [6.45, 7) is 3.82. The number of alkyl halides is 16. The van der Waals surface area contributed by atoms with Gasteiger partial charge in [-0.15, -0.1) is 0 Å². The van der Waals surface area contributed by atoms with Crippen LogP contribution in [0.15, 0.2) is 74.4 Å². The Balaban J connectivity index is 0.000000224. The Hall–Kier alpha value is -14.4. The Bertz CT molecular complexity index is 5590. The van der Waals surface area contributed by atoms with Crippen molar-refractivity contribution in [3.8, 4) is 70.9 Å². The highest BCUT2D eigenvalue weighted by Gasteiger charge is 2.61. The molecule has 5 atom stereocenters. The number of carbonyl (C=O) groups is 8. The Morgan fingerprint density at radius 1 is 0.336 bits per heavy atom. The van der Waals surface area contributed by atoms with Gasteiger partial charge in [0.1, 0.15) is 167 Å². The van der Waals surface area contributed by atoms with Crippen LogP contribution in [-0.2, 0) is 77.6 Å². The maximum atomic E-state index is 13.8. The first-order valence-electron chi connectivity index (χ1n) is 40.7. The SMILES string of the molecule is CC(C(=O)N1CCOc2c(C#N)cncc2C1)(C(F)F)C(F)F.CC(C=O)(C(=O)N1CCOc2c(C#N)cncc2C1)C(F)F.CC(CO)(C(=O)N1CCOc2c(C#N)cncc2C1)C(F)F.CC(F)(F)C(C)(C(=O)N1CCOc2c(C#N)cncc2C1)C(F)F.CC(F)(F)C(C)(C=O)C(=O)N1CCOc2c(C#N)cncc2C1.CC(F)(F)C(C)(CO)C(=O)N1CCOc2c(C#N)cncc2C1. The summed E-state index contributed by atoms with van der Waals surface area (Å²) in [7, 11) is 0. The number of aliphatic hydroxyl groups excluding tert-OH is 2. The summed E-state index contributed by atoms with van der Waals surface area (Å²) in [5, 5.41) is 72.7. The number of halogens is 16. The quantitative estimate of drug-likeness (QED) is 0.0459. The lowest BCUT2D eigenvalue weighted by molar-refractivity contribution is -0.193. The van der Waals surface area contributed by atoms with Gasteiger partial charge in [0.25, 0.3) is 49.9 Å². The van der Waals surface area contributed by atoms with Crippen molar-refractivity contribution >= 4 is 48.0 Å². The molecule has 12 rings (SSSR count). The predicted octanol–water partition coefficient (Wildman–Crippen LogP) is 9.76. The standard InChI is InChI=1S/C15H15F4N3O2.C15H17F2N3O3.C15H15F2N3O3.C14H13F4N3O2.C14H15F2N3O3.C14H13F2N3O3/c1-14(12(16)17,15(2,18)19)13(23)22-3-4-24-11-9(5-20)6-21-7-10(11)8-22;2*1-14(9-21,15(2,16)17)13(22)20-3-4-23-12-10(5-18)6-19-7-11(12)8-20;1-14(11(15)16,12(17)18)13(22)21-2-3-23-10-8(4-19)5-20-6-9(10)7-21;2*1-14(8-20,12(15)16)13(21)19-2-3-22-11-9(4-17)5-18-6-10(11)7-19/h6-7,12H,3-4,8H2,1-2H3;6-7,21H,3-4,8-9H2,1-2H3;6-7,9H,3-4,8H2,1-2H3;5-6,11-12H,2-3,7H2,1H3;5-6,12,20H,2-3,7-8H2,1H3;5-6,8,12H,2-3,7H2,1H3. The largest absolute Gasteiger partial charge is 0.490 e. The molecule has 50 heteroatoms. The van der Waals surface area contributed by atoms with E-state index in [1.54, 1.807) is 0 Å². The first-order valence-corrected chi connectivity index (χ1v) is 40.7. The zero-order valence-electron chi connectivity index (χ0n) is 74.3. The van der Waals surface area contributed by atoms with Gasteiger partial charge in [0, 0.05) is 129 Å². The molecule has 0 aliphatic carbocycles. The van der Waals surface area contributed by atoms with Crippen LogP contribution < -0.4 is 28.4 Å². The minimum atomic E-state index is -3.92. The van der Waals surface area contributed by atoms with Crippen LogP contribution in [0.4, 0.5) is 70.2 Å². The first-order chi connectivity index (χ1) is 64.3. The number of pyridine rings is 6. The van der Waals surface area contributed by atoms with Crippen LogP contribution in [0.2, 0.25) is 0 Å². The zero-order valence-corrected chi connectivity index (χ0v) is 74.3. The van der Waals surface area contributed by atoms with Crippen molar-refractivity contribution < 1.29 is 147 Å². The number of carbonyl (C=O) groups excluding carboxylic acids is 8. The third-order valence-corrected chi connectivity index (χ3v) is 23.0. The van der Waals surface area contributed by atoms with E-state index in [1.807, 2.05) is 36.4 Å². The molecule has 0 saturated carbocycles. The molecule has 6 aromatic heterocycles. The van der Waals surface area contributed by atoms with E-state index >= 15 is 0 Å². The molecule has 0 bridgehead atoms. The number of amides is 6. The highest BCUT2D eigenvalue weighted by Crippen LogP contribution is 2.46. The Labute approximate surface area is 771 Å². The number of hydrogen-bond acceptors (Lipinski definition) is 28. The van der Waals surface area contributed by atoms with E-state index in [-0.39, 0.29) is 187 Å². The number of rotatable bonds is 18. The normalized spacial score (nSPS) is 16.7. The highest BCUT2D eigenvalue weighted by molar-refractivity contribution is 5.98. The fourth-order valence-electron chi connectivity index (χ4n) is 13.4. The van der Waals surface area contributed by atoms with E-state index in [0.717, 1.165) is 47.3 Å². The molecule has 0 saturated heterocycles. The molecule has 5 unspecified atom stereocenters. The van der Waals surface area contributed by atoms with Crippen molar-refractivity contribution in [3.05, 3.63) is 141 Å².